The van der Waals surface area contributed by atoms with E-state index >= 15 is 0 Å². The van der Waals surface area contributed by atoms with E-state index in [1.807, 2.05) is 12.4 Å². The lowest BCUT2D eigenvalue weighted by atomic mass is 9.59. The lowest BCUT2D eigenvalue weighted by Gasteiger charge is -2.48. The van der Waals surface area contributed by atoms with Gasteiger partial charge in [-0.1, -0.05) is 36.4 Å². The molecule has 2 saturated carbocycles. The van der Waals surface area contributed by atoms with Crippen molar-refractivity contribution in [3.8, 4) is 11.1 Å². The zero-order valence-corrected chi connectivity index (χ0v) is 28.9. The molecule has 10 rings (SSSR count). The minimum Gasteiger partial charge on any atom is -0.343 e. The Hall–Kier alpha value is -4.32. The predicted molar refractivity (Wildman–Crippen MR) is 190 cm³/mol. The van der Waals surface area contributed by atoms with Crippen LogP contribution in [0.5, 0.6) is 0 Å². The first-order chi connectivity index (χ1) is 24.5. The van der Waals surface area contributed by atoms with Crippen molar-refractivity contribution in [2.45, 2.75) is 101 Å². The molecular formula is C42H42N6O2. The fourth-order valence-electron chi connectivity index (χ4n) is 11.1. The minimum absolute atomic E-state index is 0.236. The summed E-state index contributed by atoms with van der Waals surface area (Å²) in [5.41, 5.74) is 9.18. The summed E-state index contributed by atoms with van der Waals surface area (Å²) in [6, 6.07) is 16.5. The second-order valence-electron chi connectivity index (χ2n) is 15.3. The molecule has 6 aliphatic rings. The van der Waals surface area contributed by atoms with Crippen LogP contribution in [0, 0.1) is 25.9 Å². The van der Waals surface area contributed by atoms with Crippen LogP contribution in [-0.4, -0.2) is 54.7 Å². The summed E-state index contributed by atoms with van der Waals surface area (Å²) in [7, 11) is 0. The van der Waals surface area contributed by atoms with Crippen LogP contribution in [0.25, 0.3) is 11.1 Å². The average molecular weight is 663 g/mol. The number of hydrogen-bond acceptors (Lipinski definition) is 6. The number of benzene rings is 2. The van der Waals surface area contributed by atoms with Crippen molar-refractivity contribution in [3.63, 3.8) is 0 Å². The zero-order chi connectivity index (χ0) is 33.8. The fourth-order valence-corrected chi connectivity index (χ4v) is 11.1. The summed E-state index contributed by atoms with van der Waals surface area (Å²) in [5, 5.41) is 0. The van der Waals surface area contributed by atoms with E-state index in [-0.39, 0.29) is 12.1 Å². The van der Waals surface area contributed by atoms with Crippen LogP contribution in [0.1, 0.15) is 122 Å². The van der Waals surface area contributed by atoms with Crippen molar-refractivity contribution in [3.05, 3.63) is 117 Å². The highest BCUT2D eigenvalue weighted by Crippen LogP contribution is 2.60. The molecule has 4 aromatic rings. The number of hydrogen-bond donors (Lipinski definition) is 2. The first-order valence-corrected chi connectivity index (χ1v) is 18.6. The van der Waals surface area contributed by atoms with Crippen molar-refractivity contribution in [1.29, 1.82) is 0 Å². The number of fused-ring (bicyclic) bond motifs is 14. The van der Waals surface area contributed by atoms with Crippen molar-refractivity contribution < 1.29 is 9.59 Å². The number of rotatable bonds is 3. The maximum Gasteiger partial charge on any atom is 0.124 e. The third-order valence-corrected chi connectivity index (χ3v) is 13.3. The molecule has 4 bridgehead atoms. The number of imidazole rings is 2. The topological polar surface area (TPSA) is 98.0 Å². The molecule has 4 atom stereocenters. The number of nitrogens with zero attached hydrogens (tertiary/aromatic N) is 4. The molecule has 4 aliphatic heterocycles. The van der Waals surface area contributed by atoms with Gasteiger partial charge in [-0.2, -0.15) is 0 Å². The summed E-state index contributed by atoms with van der Waals surface area (Å²) in [5.74, 6) is 6.91. The maximum atomic E-state index is 12.9. The van der Waals surface area contributed by atoms with Gasteiger partial charge in [-0.3, -0.25) is 9.80 Å². The molecule has 8 nitrogen and oxygen atoms in total. The second kappa shape index (κ2) is 11.1. The van der Waals surface area contributed by atoms with Crippen molar-refractivity contribution >= 4 is 11.9 Å². The van der Waals surface area contributed by atoms with Gasteiger partial charge in [0.2, 0.25) is 0 Å². The SMILES string of the molecule is Cc1c(-c2ccc(C34[C](CCCC3=C=O)N3CCCC3c3ncc4[nH]3)cc2)ccc([C@@]23[C](CCCC2=C=O)N2CCCC2c2ncc3[nH]2)c1C. The molecule has 50 heavy (non-hydrogen) atoms. The Morgan fingerprint density at radius 2 is 1.24 bits per heavy atom. The molecule has 4 fully saturated rings. The van der Waals surface area contributed by atoms with Crippen LogP contribution in [0.4, 0.5) is 0 Å². The summed E-state index contributed by atoms with van der Waals surface area (Å²) >= 11 is 0. The fraction of sp³-hybridized carbons (Fsp3) is 0.429. The van der Waals surface area contributed by atoms with Gasteiger partial charge >= 0.3 is 0 Å². The van der Waals surface area contributed by atoms with Crippen molar-refractivity contribution in [2.24, 2.45) is 0 Å². The van der Waals surface area contributed by atoms with Gasteiger partial charge < -0.3 is 9.97 Å². The van der Waals surface area contributed by atoms with Gasteiger partial charge in [0.1, 0.15) is 23.5 Å². The van der Waals surface area contributed by atoms with Crippen LogP contribution < -0.4 is 0 Å². The van der Waals surface area contributed by atoms with Gasteiger partial charge in [-0.25, -0.2) is 19.6 Å². The number of H-pyrrole nitrogens is 2. The summed E-state index contributed by atoms with van der Waals surface area (Å²) in [4.78, 5) is 47.8. The molecule has 2 N–H and O–H groups in total. The smallest absolute Gasteiger partial charge is 0.124 e. The molecule has 2 aromatic carbocycles. The normalized spacial score (nSPS) is 29.4. The molecular weight excluding hydrogens is 621 g/mol. The number of carbonyl (C=O) groups excluding carboxylic acids is 2. The highest BCUT2D eigenvalue weighted by molar-refractivity contribution is 5.75. The van der Waals surface area contributed by atoms with E-state index in [0.717, 1.165) is 128 Å². The first-order valence-electron chi connectivity index (χ1n) is 18.6. The van der Waals surface area contributed by atoms with E-state index in [1.165, 1.54) is 28.8 Å². The molecule has 0 spiro atoms. The predicted octanol–water partition coefficient (Wildman–Crippen LogP) is 7.24. The highest BCUT2D eigenvalue weighted by Gasteiger charge is 2.58. The molecule has 8 heteroatoms. The van der Waals surface area contributed by atoms with Gasteiger partial charge in [-0.15, -0.1) is 0 Å². The van der Waals surface area contributed by atoms with Gasteiger partial charge in [-0.05, 0) is 125 Å². The molecule has 6 heterocycles. The van der Waals surface area contributed by atoms with E-state index in [2.05, 4.69) is 81.9 Å². The van der Waals surface area contributed by atoms with E-state index in [9.17, 15) is 9.59 Å². The number of aromatic amines is 2. The molecule has 252 valence electrons. The average Bonchev–Trinajstić information content (AvgIpc) is 3.97. The molecule has 2 saturated heterocycles. The standard InChI is InChI=1S/C42H42N6O2/c1-25-26(2)32(42-30(24-50)8-4-12-38(42)48-20-6-10-34(48)40-44-22-36(42)46-40)18-17-31(25)27-13-15-28(16-14-27)41-29(23-49)7-3-11-37(41)47-19-5-9-33(47)39-43-21-35(41)45-39/h13-18,21-22,33-34H,3-12,19-20H2,1-2H3,(H,43,45)(H,44,46)/t33?,34?,41?,42-/m0/s1. The number of aromatic nitrogens is 4. The van der Waals surface area contributed by atoms with E-state index in [0.29, 0.717) is 0 Å². The zero-order valence-electron chi connectivity index (χ0n) is 28.9. The first kappa shape index (κ1) is 30.5. The maximum absolute atomic E-state index is 12.9. The monoisotopic (exact) mass is 662 g/mol. The Morgan fingerprint density at radius 1 is 0.680 bits per heavy atom. The van der Waals surface area contributed by atoms with Gasteiger partial charge in [0.05, 0.1) is 46.4 Å². The summed E-state index contributed by atoms with van der Waals surface area (Å²) in [6.07, 6.45) is 13.7. The third kappa shape index (κ3) is 3.80. The molecule has 3 unspecified atom stereocenters. The molecule has 0 amide bonds. The lowest BCUT2D eigenvalue weighted by Crippen LogP contribution is -2.48. The van der Waals surface area contributed by atoms with E-state index < -0.39 is 10.8 Å². The van der Waals surface area contributed by atoms with Crippen LogP contribution in [0.3, 0.4) is 0 Å². The Bertz CT molecular complexity index is 2130. The lowest BCUT2D eigenvalue weighted by molar-refractivity contribution is 0.199. The van der Waals surface area contributed by atoms with Crippen molar-refractivity contribution in [1.82, 2.24) is 29.7 Å². The largest absolute Gasteiger partial charge is 0.343 e. The van der Waals surface area contributed by atoms with Crippen molar-refractivity contribution in [2.75, 3.05) is 13.1 Å². The van der Waals surface area contributed by atoms with Gasteiger partial charge in [0.25, 0.3) is 0 Å². The van der Waals surface area contributed by atoms with Crippen LogP contribution >= 0.6 is 0 Å². The Balaban J connectivity index is 1.09. The molecule has 2 aromatic heterocycles. The van der Waals surface area contributed by atoms with Crippen LogP contribution in [0.15, 0.2) is 59.9 Å². The quantitative estimate of drug-likeness (QED) is 0.225. The Labute approximate surface area is 293 Å². The number of nitrogens with one attached hydrogen (secondary N) is 2. The van der Waals surface area contributed by atoms with Crippen LogP contribution in [-0.2, 0) is 20.4 Å². The molecule has 2 radical (unpaired) electrons. The third-order valence-electron chi connectivity index (χ3n) is 13.3. The van der Waals surface area contributed by atoms with Gasteiger partial charge in [0, 0.05) is 23.5 Å². The second-order valence-corrected chi connectivity index (χ2v) is 15.3. The van der Waals surface area contributed by atoms with E-state index in [4.69, 9.17) is 9.97 Å². The minimum atomic E-state index is -0.679. The van der Waals surface area contributed by atoms with Gasteiger partial charge in [0.15, 0.2) is 0 Å². The van der Waals surface area contributed by atoms with E-state index in [1.54, 1.807) is 0 Å². The summed E-state index contributed by atoms with van der Waals surface area (Å²) in [6.45, 7) is 6.41. The summed E-state index contributed by atoms with van der Waals surface area (Å²) < 4.78 is 0. The van der Waals surface area contributed by atoms with Crippen LogP contribution in [0.2, 0.25) is 0 Å². The highest BCUT2D eigenvalue weighted by atomic mass is 16.1. The molecule has 2 aliphatic carbocycles. The Kier molecular flexibility index (Phi) is 6.76. The Morgan fingerprint density at radius 3 is 1.84 bits per heavy atom.